The van der Waals surface area contributed by atoms with Gasteiger partial charge in [-0.25, -0.2) is 0 Å². The molecule has 5 nitrogen and oxygen atoms in total. The number of nitrogen functional groups attached to an aromatic ring is 1. The number of nitrogens with two attached hydrogens (primary N) is 1. The second kappa shape index (κ2) is 3.23. The van der Waals surface area contributed by atoms with Gasteiger partial charge in [-0.3, -0.25) is 9.89 Å². The Morgan fingerprint density at radius 3 is 2.88 bits per heavy atom. The van der Waals surface area contributed by atoms with Crippen LogP contribution in [-0.4, -0.2) is 33.6 Å². The number of hydrogen-bond donors (Lipinski definition) is 2. The lowest BCUT2D eigenvalue weighted by atomic mass is 10.1. The smallest absolute Gasteiger partial charge is 0.276 e. The third kappa shape index (κ3) is 1.24. The number of nitrogens with zero attached hydrogens (tertiary/aromatic N) is 2. The highest BCUT2D eigenvalue weighted by Crippen LogP contribution is 2.38. The van der Waals surface area contributed by atoms with E-state index in [2.05, 4.69) is 10.2 Å². The van der Waals surface area contributed by atoms with E-state index in [-0.39, 0.29) is 5.91 Å². The van der Waals surface area contributed by atoms with Crippen molar-refractivity contribution in [1.29, 1.82) is 0 Å². The number of carbonyl (C=O) groups excluding carboxylic acids is 1. The molecular formula is C11H16N4O. The molecule has 1 saturated heterocycles. The summed E-state index contributed by atoms with van der Waals surface area (Å²) in [5.41, 5.74) is 7.49. The van der Waals surface area contributed by atoms with Crippen LogP contribution in [0.4, 0.5) is 5.69 Å². The van der Waals surface area contributed by atoms with Crippen LogP contribution in [0.15, 0.2) is 0 Å². The van der Waals surface area contributed by atoms with E-state index in [0.29, 0.717) is 23.3 Å². The summed E-state index contributed by atoms with van der Waals surface area (Å²) < 4.78 is 0. The molecule has 2 bridgehead atoms. The average molecular weight is 220 g/mol. The van der Waals surface area contributed by atoms with Crippen LogP contribution in [0.1, 0.15) is 35.4 Å². The van der Waals surface area contributed by atoms with Crippen LogP contribution in [0, 0.1) is 12.8 Å². The number of nitrogens with one attached hydrogen (secondary N) is 1. The van der Waals surface area contributed by atoms with Crippen molar-refractivity contribution in [2.45, 2.75) is 32.2 Å². The van der Waals surface area contributed by atoms with Crippen LogP contribution in [0.3, 0.4) is 0 Å². The first-order valence-corrected chi connectivity index (χ1v) is 5.78. The second-order valence-electron chi connectivity index (χ2n) is 4.90. The molecule has 1 aliphatic heterocycles. The molecule has 1 amide bonds. The van der Waals surface area contributed by atoms with Crippen molar-refractivity contribution in [3.63, 3.8) is 0 Å². The zero-order chi connectivity index (χ0) is 11.3. The Morgan fingerprint density at radius 2 is 2.38 bits per heavy atom. The number of H-pyrrole nitrogens is 1. The maximum Gasteiger partial charge on any atom is 0.276 e. The maximum absolute atomic E-state index is 12.2. The Morgan fingerprint density at radius 1 is 1.56 bits per heavy atom. The number of likely N-dealkylation sites (tertiary alicyclic amines) is 1. The number of carbonyl (C=O) groups is 1. The number of rotatable bonds is 1. The quantitative estimate of drug-likeness (QED) is 0.739. The zero-order valence-corrected chi connectivity index (χ0v) is 9.36. The van der Waals surface area contributed by atoms with Crippen molar-refractivity contribution in [3.05, 3.63) is 11.4 Å². The number of anilines is 1. The van der Waals surface area contributed by atoms with E-state index in [1.165, 1.54) is 6.42 Å². The SMILES string of the molecule is Cc1[nH]nc(C(=O)N2CC3CCC2C3)c1N. The number of aryl methyl sites for hydroxylation is 1. The molecule has 2 aliphatic rings. The van der Waals surface area contributed by atoms with Gasteiger partial charge >= 0.3 is 0 Å². The normalized spacial score (nSPS) is 27.7. The minimum Gasteiger partial charge on any atom is -0.395 e. The van der Waals surface area contributed by atoms with E-state index in [9.17, 15) is 4.79 Å². The van der Waals surface area contributed by atoms with Crippen LogP contribution in [-0.2, 0) is 0 Å². The van der Waals surface area contributed by atoms with Gasteiger partial charge in [0.2, 0.25) is 0 Å². The first-order chi connectivity index (χ1) is 7.66. The fourth-order valence-corrected chi connectivity index (χ4v) is 2.91. The summed E-state index contributed by atoms with van der Waals surface area (Å²) in [5.74, 6) is 0.698. The molecule has 2 unspecified atom stereocenters. The lowest BCUT2D eigenvalue weighted by Crippen LogP contribution is -2.38. The van der Waals surface area contributed by atoms with E-state index in [0.717, 1.165) is 25.1 Å². The Balaban J connectivity index is 1.86. The molecule has 2 heterocycles. The molecule has 86 valence electrons. The van der Waals surface area contributed by atoms with Crippen molar-refractivity contribution in [3.8, 4) is 0 Å². The fraction of sp³-hybridized carbons (Fsp3) is 0.636. The van der Waals surface area contributed by atoms with E-state index < -0.39 is 0 Å². The zero-order valence-electron chi connectivity index (χ0n) is 9.36. The minimum absolute atomic E-state index is 0.00551. The summed E-state index contributed by atoms with van der Waals surface area (Å²) in [5, 5.41) is 6.77. The van der Waals surface area contributed by atoms with Crippen LogP contribution >= 0.6 is 0 Å². The molecule has 3 N–H and O–H groups in total. The summed E-state index contributed by atoms with van der Waals surface area (Å²) in [6, 6.07) is 0.425. The highest BCUT2D eigenvalue weighted by molar-refractivity contribution is 5.98. The number of hydrogen-bond acceptors (Lipinski definition) is 3. The summed E-state index contributed by atoms with van der Waals surface area (Å²) >= 11 is 0. The lowest BCUT2D eigenvalue weighted by molar-refractivity contribution is 0.0698. The third-order valence-corrected chi connectivity index (χ3v) is 3.87. The Hall–Kier alpha value is -1.52. The summed E-state index contributed by atoms with van der Waals surface area (Å²) in [4.78, 5) is 14.2. The number of fused-ring (bicyclic) bond motifs is 2. The molecular weight excluding hydrogens is 204 g/mol. The first kappa shape index (κ1) is 9.69. The molecule has 1 saturated carbocycles. The molecule has 2 atom stereocenters. The second-order valence-corrected chi connectivity index (χ2v) is 4.90. The summed E-state index contributed by atoms with van der Waals surface area (Å²) in [7, 11) is 0. The number of amides is 1. The van der Waals surface area contributed by atoms with E-state index in [4.69, 9.17) is 5.73 Å². The average Bonchev–Trinajstić information content (AvgIpc) is 2.95. The van der Waals surface area contributed by atoms with Gasteiger partial charge in [0.1, 0.15) is 0 Å². The molecule has 0 spiro atoms. The molecule has 5 heteroatoms. The molecule has 3 rings (SSSR count). The highest BCUT2D eigenvalue weighted by atomic mass is 16.2. The molecule has 0 radical (unpaired) electrons. The lowest BCUT2D eigenvalue weighted by Gasteiger charge is -2.26. The van der Waals surface area contributed by atoms with Gasteiger partial charge in [0.15, 0.2) is 5.69 Å². The van der Waals surface area contributed by atoms with Crippen LogP contribution < -0.4 is 5.73 Å². The van der Waals surface area contributed by atoms with Gasteiger partial charge in [0, 0.05) is 12.6 Å². The van der Waals surface area contributed by atoms with Crippen molar-refractivity contribution in [2.24, 2.45) is 5.92 Å². The number of aromatic amines is 1. The van der Waals surface area contributed by atoms with Crippen molar-refractivity contribution in [2.75, 3.05) is 12.3 Å². The maximum atomic E-state index is 12.2. The molecule has 1 aromatic rings. The standard InChI is InChI=1S/C11H16N4O/c1-6-9(12)10(14-13-6)11(16)15-5-7-2-3-8(15)4-7/h7-8H,2-5,12H2,1H3,(H,13,14). The number of piperidine rings is 1. The Labute approximate surface area is 94.0 Å². The van der Waals surface area contributed by atoms with Crippen molar-refractivity contribution < 1.29 is 4.79 Å². The molecule has 0 aromatic carbocycles. The van der Waals surface area contributed by atoms with Crippen LogP contribution in [0.25, 0.3) is 0 Å². The van der Waals surface area contributed by atoms with Crippen molar-refractivity contribution >= 4 is 11.6 Å². The van der Waals surface area contributed by atoms with Crippen LogP contribution in [0.2, 0.25) is 0 Å². The largest absolute Gasteiger partial charge is 0.395 e. The predicted molar refractivity (Wildman–Crippen MR) is 59.9 cm³/mol. The minimum atomic E-state index is -0.00551. The summed E-state index contributed by atoms with van der Waals surface area (Å²) in [6.45, 7) is 2.71. The van der Waals surface area contributed by atoms with Gasteiger partial charge < -0.3 is 10.6 Å². The summed E-state index contributed by atoms with van der Waals surface area (Å²) in [6.07, 6.45) is 3.57. The molecule has 16 heavy (non-hydrogen) atoms. The Bertz CT molecular complexity index is 439. The van der Waals surface area contributed by atoms with Crippen LogP contribution in [0.5, 0.6) is 0 Å². The third-order valence-electron chi connectivity index (χ3n) is 3.87. The first-order valence-electron chi connectivity index (χ1n) is 5.78. The fourth-order valence-electron chi connectivity index (χ4n) is 2.91. The molecule has 1 aromatic heterocycles. The van der Waals surface area contributed by atoms with Gasteiger partial charge in [-0.05, 0) is 32.1 Å². The predicted octanol–water partition coefficient (Wildman–Crippen LogP) is 0.925. The molecule has 2 fully saturated rings. The van der Waals surface area contributed by atoms with Crippen molar-refractivity contribution in [1.82, 2.24) is 15.1 Å². The topological polar surface area (TPSA) is 75.0 Å². The Kier molecular flexibility index (Phi) is 1.96. The van der Waals surface area contributed by atoms with Gasteiger partial charge in [-0.2, -0.15) is 5.10 Å². The monoisotopic (exact) mass is 220 g/mol. The van der Waals surface area contributed by atoms with E-state index in [1.54, 1.807) is 0 Å². The van der Waals surface area contributed by atoms with Gasteiger partial charge in [0.25, 0.3) is 5.91 Å². The van der Waals surface area contributed by atoms with E-state index in [1.807, 2.05) is 11.8 Å². The van der Waals surface area contributed by atoms with Gasteiger partial charge in [0.05, 0.1) is 11.4 Å². The number of aromatic nitrogens is 2. The van der Waals surface area contributed by atoms with Gasteiger partial charge in [-0.15, -0.1) is 0 Å². The molecule has 1 aliphatic carbocycles. The van der Waals surface area contributed by atoms with E-state index >= 15 is 0 Å². The van der Waals surface area contributed by atoms with Gasteiger partial charge in [-0.1, -0.05) is 0 Å². The highest BCUT2D eigenvalue weighted by Gasteiger charge is 2.41.